The van der Waals surface area contributed by atoms with Crippen molar-refractivity contribution < 1.29 is 9.53 Å². The molecule has 1 amide bonds. The number of amides is 1. The number of carbonyl (C=O) groups excluding carboxylic acids is 1. The molecule has 0 aliphatic heterocycles. The normalized spacial score (nSPS) is 21.0. The molecule has 72 valence electrons. The van der Waals surface area contributed by atoms with Crippen LogP contribution in [0.5, 0.6) is 0 Å². The van der Waals surface area contributed by atoms with Crippen LogP contribution in [0.2, 0.25) is 0 Å². The highest BCUT2D eigenvalue weighted by Crippen LogP contribution is 2.35. The SMILES string of the molecule is COC1(C(=O)N[C@H](C)C#N)CCC1. The predicted octanol–water partition coefficient (Wildman–Crippen LogP) is 0.584. The maximum Gasteiger partial charge on any atom is 0.253 e. The number of rotatable bonds is 3. The molecule has 1 saturated carbocycles. The van der Waals surface area contributed by atoms with Gasteiger partial charge in [-0.3, -0.25) is 4.79 Å². The maximum atomic E-state index is 11.6. The van der Waals surface area contributed by atoms with Crippen LogP contribution in [0.25, 0.3) is 0 Å². The van der Waals surface area contributed by atoms with Gasteiger partial charge in [0.25, 0.3) is 5.91 Å². The number of hydrogen-bond acceptors (Lipinski definition) is 3. The lowest BCUT2D eigenvalue weighted by molar-refractivity contribution is -0.154. The van der Waals surface area contributed by atoms with Gasteiger partial charge in [0, 0.05) is 7.11 Å². The first-order valence-electron chi connectivity index (χ1n) is 4.40. The molecule has 0 spiro atoms. The van der Waals surface area contributed by atoms with Gasteiger partial charge in [-0.1, -0.05) is 0 Å². The molecule has 1 aliphatic rings. The molecule has 0 aromatic heterocycles. The Morgan fingerprint density at radius 2 is 2.31 bits per heavy atom. The van der Waals surface area contributed by atoms with Crippen LogP contribution in [0.4, 0.5) is 0 Å². The van der Waals surface area contributed by atoms with Gasteiger partial charge in [0.05, 0.1) is 6.07 Å². The van der Waals surface area contributed by atoms with Crippen molar-refractivity contribution in [2.24, 2.45) is 0 Å². The van der Waals surface area contributed by atoms with Crippen molar-refractivity contribution in [2.45, 2.75) is 37.8 Å². The van der Waals surface area contributed by atoms with Crippen molar-refractivity contribution in [3.63, 3.8) is 0 Å². The highest BCUT2D eigenvalue weighted by atomic mass is 16.5. The van der Waals surface area contributed by atoms with E-state index in [4.69, 9.17) is 10.00 Å². The fraction of sp³-hybridized carbons (Fsp3) is 0.778. The monoisotopic (exact) mass is 182 g/mol. The molecule has 0 bridgehead atoms. The summed E-state index contributed by atoms with van der Waals surface area (Å²) in [6, 6.07) is 1.51. The number of ether oxygens (including phenoxy) is 1. The Hall–Kier alpha value is -1.08. The standard InChI is InChI=1S/C9H14N2O2/c1-7(6-10)11-8(12)9(13-2)4-3-5-9/h7H,3-5H2,1-2H3,(H,11,12)/t7-/m1/s1. The van der Waals surface area contributed by atoms with E-state index in [1.165, 1.54) is 7.11 Å². The van der Waals surface area contributed by atoms with Crippen LogP contribution < -0.4 is 5.32 Å². The Morgan fingerprint density at radius 3 is 2.62 bits per heavy atom. The van der Waals surface area contributed by atoms with E-state index in [1.54, 1.807) is 6.92 Å². The van der Waals surface area contributed by atoms with E-state index >= 15 is 0 Å². The van der Waals surface area contributed by atoms with E-state index in [-0.39, 0.29) is 5.91 Å². The van der Waals surface area contributed by atoms with Crippen LogP contribution in [0, 0.1) is 11.3 Å². The van der Waals surface area contributed by atoms with E-state index in [0.717, 1.165) is 19.3 Å². The lowest BCUT2D eigenvalue weighted by atomic mass is 9.79. The Labute approximate surface area is 77.9 Å². The summed E-state index contributed by atoms with van der Waals surface area (Å²) in [7, 11) is 1.54. The van der Waals surface area contributed by atoms with E-state index in [2.05, 4.69) is 5.32 Å². The molecule has 4 nitrogen and oxygen atoms in total. The first-order chi connectivity index (χ1) is 6.14. The molecule has 0 saturated heterocycles. The minimum Gasteiger partial charge on any atom is -0.368 e. The van der Waals surface area contributed by atoms with Crippen molar-refractivity contribution in [1.29, 1.82) is 5.26 Å². The van der Waals surface area contributed by atoms with Gasteiger partial charge in [-0.2, -0.15) is 5.26 Å². The van der Waals surface area contributed by atoms with Gasteiger partial charge in [0.2, 0.25) is 0 Å². The zero-order valence-electron chi connectivity index (χ0n) is 7.96. The molecule has 0 aromatic rings. The summed E-state index contributed by atoms with van der Waals surface area (Å²) in [5, 5.41) is 11.1. The van der Waals surface area contributed by atoms with E-state index in [9.17, 15) is 4.79 Å². The third kappa shape index (κ3) is 1.81. The quantitative estimate of drug-likeness (QED) is 0.694. The highest BCUT2D eigenvalue weighted by molar-refractivity contribution is 5.86. The molecular formula is C9H14N2O2. The second-order valence-corrected chi connectivity index (χ2v) is 3.38. The van der Waals surface area contributed by atoms with Gasteiger partial charge in [-0.05, 0) is 26.2 Å². The number of methoxy groups -OCH3 is 1. The van der Waals surface area contributed by atoms with Gasteiger partial charge in [-0.25, -0.2) is 0 Å². The summed E-state index contributed by atoms with van der Waals surface area (Å²) in [5.41, 5.74) is -0.648. The molecular weight excluding hydrogens is 168 g/mol. The second kappa shape index (κ2) is 3.75. The molecule has 0 aromatic carbocycles. The molecule has 1 atom stereocenters. The number of nitrogens with zero attached hydrogens (tertiary/aromatic N) is 1. The van der Waals surface area contributed by atoms with Gasteiger partial charge in [0.1, 0.15) is 11.6 Å². The van der Waals surface area contributed by atoms with Crippen LogP contribution in [-0.4, -0.2) is 24.7 Å². The Morgan fingerprint density at radius 1 is 1.69 bits per heavy atom. The van der Waals surface area contributed by atoms with E-state index in [0.29, 0.717) is 0 Å². The van der Waals surface area contributed by atoms with Crippen molar-refractivity contribution >= 4 is 5.91 Å². The molecule has 0 heterocycles. The first kappa shape index (κ1) is 10.0. The Balaban J connectivity index is 2.52. The van der Waals surface area contributed by atoms with Gasteiger partial charge in [-0.15, -0.1) is 0 Å². The van der Waals surface area contributed by atoms with Crippen LogP contribution in [0.3, 0.4) is 0 Å². The van der Waals surface area contributed by atoms with Crippen LogP contribution in [0.15, 0.2) is 0 Å². The second-order valence-electron chi connectivity index (χ2n) is 3.38. The molecule has 13 heavy (non-hydrogen) atoms. The topological polar surface area (TPSA) is 62.1 Å². The molecule has 1 fully saturated rings. The Kier molecular flexibility index (Phi) is 2.89. The van der Waals surface area contributed by atoms with Gasteiger partial charge >= 0.3 is 0 Å². The van der Waals surface area contributed by atoms with E-state index in [1.807, 2.05) is 6.07 Å². The lowest BCUT2D eigenvalue weighted by Gasteiger charge is -2.38. The summed E-state index contributed by atoms with van der Waals surface area (Å²) in [6.45, 7) is 1.65. The molecule has 0 radical (unpaired) electrons. The molecule has 1 N–H and O–H groups in total. The van der Waals surface area contributed by atoms with E-state index < -0.39 is 11.6 Å². The number of nitrogens with one attached hydrogen (secondary N) is 1. The van der Waals surface area contributed by atoms with Gasteiger partial charge in [0.15, 0.2) is 0 Å². The largest absolute Gasteiger partial charge is 0.368 e. The lowest BCUT2D eigenvalue weighted by Crippen LogP contribution is -2.54. The predicted molar refractivity (Wildman–Crippen MR) is 46.8 cm³/mol. The van der Waals surface area contributed by atoms with Crippen molar-refractivity contribution in [3.8, 4) is 6.07 Å². The molecule has 1 aliphatic carbocycles. The molecule has 1 rings (SSSR count). The van der Waals surface area contributed by atoms with Crippen molar-refractivity contribution in [2.75, 3.05) is 7.11 Å². The first-order valence-corrected chi connectivity index (χ1v) is 4.40. The average Bonchev–Trinajstić information content (AvgIpc) is 2.03. The third-order valence-electron chi connectivity index (χ3n) is 2.51. The average molecular weight is 182 g/mol. The highest BCUT2D eigenvalue weighted by Gasteiger charge is 2.44. The molecule has 4 heteroatoms. The smallest absolute Gasteiger partial charge is 0.253 e. The fourth-order valence-corrected chi connectivity index (χ4v) is 1.38. The summed E-state index contributed by atoms with van der Waals surface area (Å²) < 4.78 is 5.16. The summed E-state index contributed by atoms with van der Waals surface area (Å²) in [6.07, 6.45) is 2.53. The van der Waals surface area contributed by atoms with Crippen LogP contribution in [0.1, 0.15) is 26.2 Å². The fourth-order valence-electron chi connectivity index (χ4n) is 1.38. The van der Waals surface area contributed by atoms with Crippen LogP contribution in [-0.2, 0) is 9.53 Å². The third-order valence-corrected chi connectivity index (χ3v) is 2.51. The zero-order valence-corrected chi connectivity index (χ0v) is 7.96. The van der Waals surface area contributed by atoms with Crippen molar-refractivity contribution in [3.05, 3.63) is 0 Å². The molecule has 0 unspecified atom stereocenters. The van der Waals surface area contributed by atoms with Gasteiger partial charge < -0.3 is 10.1 Å². The van der Waals surface area contributed by atoms with Crippen LogP contribution >= 0.6 is 0 Å². The maximum absolute atomic E-state index is 11.6. The number of nitriles is 1. The Bertz CT molecular complexity index is 235. The summed E-state index contributed by atoms with van der Waals surface area (Å²) in [5.74, 6) is -0.157. The number of hydrogen-bond donors (Lipinski definition) is 1. The summed E-state index contributed by atoms with van der Waals surface area (Å²) >= 11 is 0. The zero-order chi connectivity index (χ0) is 9.90. The minimum atomic E-state index is -0.648. The minimum absolute atomic E-state index is 0.157. The van der Waals surface area contributed by atoms with Crippen molar-refractivity contribution in [1.82, 2.24) is 5.32 Å². The summed E-state index contributed by atoms with van der Waals surface area (Å²) in [4.78, 5) is 11.6. The number of carbonyl (C=O) groups is 1.